The number of aliphatic hydroxyl groups excluding tert-OH is 2. The number of hydroxylamine groups is 2. The molecule has 1 aliphatic heterocycles. The molecule has 4 aliphatic rings. The first kappa shape index (κ1) is 36.5. The number of aliphatic hydroxyl groups is 2. The summed E-state index contributed by atoms with van der Waals surface area (Å²) >= 11 is 1.67. The van der Waals surface area contributed by atoms with E-state index in [9.17, 15) is 19.8 Å². The molecule has 6 rings (SSSR count). The number of carbonyl (C=O) groups excluding carboxylic acids is 2. The van der Waals surface area contributed by atoms with E-state index in [1.165, 1.54) is 6.42 Å². The first-order valence-corrected chi connectivity index (χ1v) is 18.5. The van der Waals surface area contributed by atoms with Gasteiger partial charge in [0.25, 0.3) is 5.91 Å². The topological polar surface area (TPSA) is 124 Å². The molecule has 1 heterocycles. The number of hydrogen-bond donors (Lipinski definition) is 4. The number of fused-ring (bicyclic) bond motifs is 2. The van der Waals surface area contributed by atoms with Crippen molar-refractivity contribution in [3.63, 3.8) is 0 Å². The van der Waals surface area contributed by atoms with Gasteiger partial charge in [0, 0.05) is 60.7 Å². The number of benzene rings is 2. The lowest BCUT2D eigenvalue weighted by atomic mass is 9.45. The third-order valence-electron chi connectivity index (χ3n) is 11.3. The second-order valence-corrected chi connectivity index (χ2v) is 15.6. The van der Waals surface area contributed by atoms with Gasteiger partial charge in [-0.3, -0.25) is 14.4 Å². The monoisotopic (exact) mass is 682 g/mol. The van der Waals surface area contributed by atoms with Crippen molar-refractivity contribution in [2.45, 2.75) is 71.4 Å². The number of ether oxygens (including phenoxy) is 1. The number of nitrogens with one attached hydrogen (secondary N) is 2. The van der Waals surface area contributed by atoms with E-state index in [4.69, 9.17) is 9.57 Å². The summed E-state index contributed by atoms with van der Waals surface area (Å²) in [5.41, 5.74) is 4.09. The minimum absolute atomic E-state index is 0.0490. The summed E-state index contributed by atoms with van der Waals surface area (Å²) in [5.74, 6) is 1.94. The van der Waals surface area contributed by atoms with Crippen molar-refractivity contribution >= 4 is 29.3 Å². The molecule has 0 aromatic heterocycles. The minimum atomic E-state index is -0.887. The fourth-order valence-corrected chi connectivity index (χ4v) is 8.66. The fourth-order valence-electron chi connectivity index (χ4n) is 8.35. The third kappa shape index (κ3) is 7.07. The van der Waals surface area contributed by atoms with E-state index in [-0.39, 0.29) is 31.0 Å². The molecule has 0 spiro atoms. The van der Waals surface area contributed by atoms with E-state index in [1.807, 2.05) is 61.6 Å². The zero-order valence-corrected chi connectivity index (χ0v) is 30.5. The number of nitrogens with zero attached hydrogens (tertiary/aromatic N) is 2. The summed E-state index contributed by atoms with van der Waals surface area (Å²) in [5, 5.41) is 29.1. The average molecular weight is 683 g/mol. The van der Waals surface area contributed by atoms with Crippen LogP contribution in [-0.4, -0.2) is 97.7 Å². The smallest absolute Gasteiger partial charge is 0.251 e. The number of hydrogen-bond acceptors (Lipinski definition) is 9. The lowest BCUT2D eigenvalue weighted by Gasteiger charge is -2.62. The standard InChI is InChI=1S/C37H54N4O6S/c1-21-29-17-26(37(29,3)4)18-30(21)39-36(45)33-32(22(2)43)31(20-42)47-41(33)19-23-10-9-11-28(34(23)46-7)24-14-25(16-27(15-24)40(5)6)35(44)38-12-13-48-8/h9-11,14-16,21-22,26,29-33,42-43H,12-13,17-20H2,1-8H3,(H,38,44)(H,39,45)/t21-,22-,26+,29-,30-,31-,32+,33-/m0/s1. The molecule has 4 fully saturated rings. The molecule has 10 nitrogen and oxygen atoms in total. The molecule has 48 heavy (non-hydrogen) atoms. The van der Waals surface area contributed by atoms with Crippen molar-refractivity contribution < 1.29 is 29.4 Å². The first-order chi connectivity index (χ1) is 22.8. The average Bonchev–Trinajstić information content (AvgIpc) is 3.43. The predicted molar refractivity (Wildman–Crippen MR) is 191 cm³/mol. The molecule has 3 saturated carbocycles. The van der Waals surface area contributed by atoms with Crippen LogP contribution in [0.3, 0.4) is 0 Å². The highest BCUT2D eigenvalue weighted by Crippen LogP contribution is 2.61. The van der Waals surface area contributed by atoms with E-state index in [0.717, 1.165) is 34.6 Å². The predicted octanol–water partition coefficient (Wildman–Crippen LogP) is 4.18. The Balaban J connectivity index is 1.45. The SMILES string of the molecule is COc1c(CN2O[C@@H](CO)[C@@H]([C@H](C)O)[C@H]2C(=O)N[C@H]2C[C@H]3C[C@@H]([C@@H]2C)C3(C)C)cccc1-c1cc(C(=O)NCCSC)cc(N(C)C)c1. The Morgan fingerprint density at radius 3 is 2.56 bits per heavy atom. The second-order valence-electron chi connectivity index (χ2n) is 14.6. The maximum atomic E-state index is 14.2. The van der Waals surface area contributed by atoms with Crippen LogP contribution < -0.4 is 20.3 Å². The van der Waals surface area contributed by atoms with Crippen molar-refractivity contribution in [1.82, 2.24) is 15.7 Å². The summed E-state index contributed by atoms with van der Waals surface area (Å²) in [7, 11) is 5.48. The van der Waals surface area contributed by atoms with Gasteiger partial charge in [0.05, 0.1) is 26.4 Å². The van der Waals surface area contributed by atoms with Crippen LogP contribution in [0.4, 0.5) is 5.69 Å². The van der Waals surface area contributed by atoms with Crippen LogP contribution in [-0.2, 0) is 16.2 Å². The molecule has 8 atom stereocenters. The maximum absolute atomic E-state index is 14.2. The van der Waals surface area contributed by atoms with Gasteiger partial charge >= 0.3 is 0 Å². The normalized spacial score (nSPS) is 28.3. The van der Waals surface area contributed by atoms with E-state index in [0.29, 0.717) is 41.0 Å². The van der Waals surface area contributed by atoms with Gasteiger partial charge in [0.15, 0.2) is 0 Å². The van der Waals surface area contributed by atoms with Crippen LogP contribution in [0.5, 0.6) is 5.75 Å². The van der Waals surface area contributed by atoms with Crippen molar-refractivity contribution in [1.29, 1.82) is 0 Å². The van der Waals surface area contributed by atoms with Gasteiger partial charge in [-0.2, -0.15) is 16.8 Å². The summed E-state index contributed by atoms with van der Waals surface area (Å²) in [6.07, 6.45) is 2.52. The van der Waals surface area contributed by atoms with Crippen LogP contribution in [0.15, 0.2) is 36.4 Å². The number of thioether (sulfide) groups is 1. The number of para-hydroxylation sites is 1. The van der Waals surface area contributed by atoms with Crippen LogP contribution in [0.1, 0.15) is 56.5 Å². The Bertz CT molecular complexity index is 1470. The molecular formula is C37H54N4O6S. The Morgan fingerprint density at radius 2 is 1.96 bits per heavy atom. The van der Waals surface area contributed by atoms with Crippen molar-refractivity contribution in [3.8, 4) is 16.9 Å². The van der Waals surface area contributed by atoms with E-state index >= 15 is 0 Å². The Kier molecular flexibility index (Phi) is 11.4. The number of carbonyl (C=O) groups is 2. The quantitative estimate of drug-likeness (QED) is 0.231. The van der Waals surface area contributed by atoms with Gasteiger partial charge in [-0.25, -0.2) is 0 Å². The molecule has 0 unspecified atom stereocenters. The zero-order chi connectivity index (χ0) is 34.9. The molecule has 0 radical (unpaired) electrons. The number of rotatable bonds is 13. The molecule has 2 aromatic rings. The van der Waals surface area contributed by atoms with Gasteiger partial charge in [0.2, 0.25) is 5.91 Å². The molecule has 4 N–H and O–H groups in total. The molecule has 264 valence electrons. The highest BCUT2D eigenvalue weighted by molar-refractivity contribution is 7.98. The number of methoxy groups -OCH3 is 1. The third-order valence-corrected chi connectivity index (χ3v) is 11.9. The van der Waals surface area contributed by atoms with E-state index < -0.39 is 24.2 Å². The molecule has 1 saturated heterocycles. The first-order valence-electron chi connectivity index (χ1n) is 17.1. The molecule has 11 heteroatoms. The second kappa shape index (κ2) is 15.0. The largest absolute Gasteiger partial charge is 0.496 e. The molecule has 2 amide bonds. The zero-order valence-electron chi connectivity index (χ0n) is 29.7. The Hall–Kier alpha value is -2.83. The lowest BCUT2D eigenvalue weighted by Crippen LogP contribution is -2.62. The van der Waals surface area contributed by atoms with Crippen molar-refractivity contribution in [2.24, 2.45) is 29.1 Å². The van der Waals surface area contributed by atoms with Crippen LogP contribution in [0.25, 0.3) is 11.1 Å². The number of anilines is 1. The van der Waals surface area contributed by atoms with Crippen LogP contribution in [0, 0.1) is 29.1 Å². The van der Waals surface area contributed by atoms with Crippen molar-refractivity contribution in [2.75, 3.05) is 51.3 Å². The molecular weight excluding hydrogens is 628 g/mol. The van der Waals surface area contributed by atoms with Gasteiger partial charge < -0.3 is 30.5 Å². The van der Waals surface area contributed by atoms with Gasteiger partial charge in [-0.1, -0.05) is 39.0 Å². The van der Waals surface area contributed by atoms with Gasteiger partial charge in [-0.05, 0) is 73.0 Å². The highest BCUT2D eigenvalue weighted by atomic mass is 32.2. The van der Waals surface area contributed by atoms with Crippen LogP contribution >= 0.6 is 11.8 Å². The summed E-state index contributed by atoms with van der Waals surface area (Å²) in [6, 6.07) is 10.8. The Morgan fingerprint density at radius 1 is 1.21 bits per heavy atom. The van der Waals surface area contributed by atoms with E-state index in [1.54, 1.807) is 30.9 Å². The summed E-state index contributed by atoms with van der Waals surface area (Å²) < 4.78 is 6.02. The molecule has 2 aromatic carbocycles. The summed E-state index contributed by atoms with van der Waals surface area (Å²) in [4.78, 5) is 35.5. The molecule has 2 bridgehead atoms. The van der Waals surface area contributed by atoms with E-state index in [2.05, 4.69) is 31.4 Å². The fraction of sp³-hybridized carbons (Fsp3) is 0.622. The molecule has 3 aliphatic carbocycles. The Labute approximate surface area is 289 Å². The van der Waals surface area contributed by atoms with Crippen molar-refractivity contribution in [3.05, 3.63) is 47.5 Å². The van der Waals surface area contributed by atoms with Gasteiger partial charge in [0.1, 0.15) is 17.9 Å². The van der Waals surface area contributed by atoms with Gasteiger partial charge in [-0.15, -0.1) is 0 Å². The highest BCUT2D eigenvalue weighted by Gasteiger charge is 2.57. The number of amides is 2. The summed E-state index contributed by atoms with van der Waals surface area (Å²) in [6.45, 7) is 8.99. The van der Waals surface area contributed by atoms with Crippen LogP contribution in [0.2, 0.25) is 0 Å². The maximum Gasteiger partial charge on any atom is 0.251 e. The minimum Gasteiger partial charge on any atom is -0.496 e. The lowest BCUT2D eigenvalue weighted by molar-refractivity contribution is -0.183.